The van der Waals surface area contributed by atoms with E-state index in [1.165, 1.54) is 13.2 Å². The Balaban J connectivity index is 1.74. The molecule has 2 saturated heterocycles. The molecule has 0 amide bonds. The third-order valence-electron chi connectivity index (χ3n) is 4.11. The molecule has 5 heteroatoms. The lowest BCUT2D eigenvalue weighted by molar-refractivity contribution is -0.0755. The quantitative estimate of drug-likeness (QED) is 0.876. The van der Waals surface area contributed by atoms with Crippen molar-refractivity contribution in [2.24, 2.45) is 0 Å². The zero-order valence-corrected chi connectivity index (χ0v) is 11.6. The van der Waals surface area contributed by atoms with E-state index in [1.807, 2.05) is 6.07 Å². The molecule has 1 aromatic carbocycles. The Hall–Kier alpha value is -1.17. The second-order valence-corrected chi connectivity index (χ2v) is 5.88. The van der Waals surface area contributed by atoms with Crippen LogP contribution < -0.4 is 10.1 Å². The van der Waals surface area contributed by atoms with E-state index >= 15 is 0 Å². The van der Waals surface area contributed by atoms with Crippen molar-refractivity contribution in [3.8, 4) is 5.75 Å². The number of nitrogens with one attached hydrogen (secondary N) is 1. The standard InChI is InChI=1S/C15H20FNO3/c1-19-14-3-2-10(4-13(14)16)5-15(18)6-11-8-20-9-12(7-15)17-11/h2-4,11-12,17-18H,5-9H2,1H3. The lowest BCUT2D eigenvalue weighted by Crippen LogP contribution is -2.60. The first-order valence-electron chi connectivity index (χ1n) is 6.96. The number of fused-ring (bicyclic) bond motifs is 2. The van der Waals surface area contributed by atoms with Gasteiger partial charge in [0.25, 0.3) is 0 Å². The van der Waals surface area contributed by atoms with Crippen molar-refractivity contribution in [2.45, 2.75) is 36.9 Å². The van der Waals surface area contributed by atoms with Crippen LogP contribution in [0.4, 0.5) is 4.39 Å². The highest BCUT2D eigenvalue weighted by atomic mass is 19.1. The van der Waals surface area contributed by atoms with E-state index in [0.717, 1.165) is 5.56 Å². The second kappa shape index (κ2) is 5.31. The number of benzene rings is 1. The molecule has 20 heavy (non-hydrogen) atoms. The van der Waals surface area contributed by atoms with Gasteiger partial charge in [-0.15, -0.1) is 0 Å². The van der Waals surface area contributed by atoms with Gasteiger partial charge < -0.3 is 19.9 Å². The zero-order valence-electron chi connectivity index (χ0n) is 11.6. The van der Waals surface area contributed by atoms with Gasteiger partial charge in [0.15, 0.2) is 11.6 Å². The van der Waals surface area contributed by atoms with Crippen LogP contribution in [0.5, 0.6) is 5.75 Å². The Morgan fingerprint density at radius 3 is 2.70 bits per heavy atom. The lowest BCUT2D eigenvalue weighted by atomic mass is 9.79. The highest BCUT2D eigenvalue weighted by molar-refractivity contribution is 5.30. The van der Waals surface area contributed by atoms with Crippen molar-refractivity contribution in [3.05, 3.63) is 29.6 Å². The Labute approximate surface area is 117 Å². The summed E-state index contributed by atoms with van der Waals surface area (Å²) in [7, 11) is 1.44. The average Bonchev–Trinajstić information content (AvgIpc) is 2.37. The molecule has 2 fully saturated rings. The van der Waals surface area contributed by atoms with Gasteiger partial charge in [-0.3, -0.25) is 0 Å². The molecule has 110 valence electrons. The molecule has 3 rings (SSSR count). The van der Waals surface area contributed by atoms with Gasteiger partial charge >= 0.3 is 0 Å². The first-order chi connectivity index (χ1) is 9.58. The minimum atomic E-state index is -0.786. The van der Waals surface area contributed by atoms with E-state index in [-0.39, 0.29) is 23.7 Å². The summed E-state index contributed by atoms with van der Waals surface area (Å²) in [5, 5.41) is 14.2. The van der Waals surface area contributed by atoms with Gasteiger partial charge in [0.05, 0.1) is 25.9 Å². The fourth-order valence-corrected chi connectivity index (χ4v) is 3.36. The molecule has 0 radical (unpaired) electrons. The van der Waals surface area contributed by atoms with E-state index in [4.69, 9.17) is 9.47 Å². The Bertz CT molecular complexity index is 482. The first kappa shape index (κ1) is 13.8. The number of aliphatic hydroxyl groups is 1. The van der Waals surface area contributed by atoms with Crippen LogP contribution in [-0.2, 0) is 11.2 Å². The molecule has 2 N–H and O–H groups in total. The maximum Gasteiger partial charge on any atom is 0.165 e. The van der Waals surface area contributed by atoms with Gasteiger partial charge in [-0.1, -0.05) is 6.07 Å². The highest BCUT2D eigenvalue weighted by Crippen LogP contribution is 2.32. The molecule has 2 aliphatic rings. The lowest BCUT2D eigenvalue weighted by Gasteiger charge is -2.45. The number of hydrogen-bond acceptors (Lipinski definition) is 4. The Morgan fingerprint density at radius 1 is 1.40 bits per heavy atom. The van der Waals surface area contributed by atoms with Crippen molar-refractivity contribution >= 4 is 0 Å². The molecular weight excluding hydrogens is 261 g/mol. The Kier molecular flexibility index (Phi) is 3.67. The molecule has 2 bridgehead atoms. The molecule has 0 aliphatic carbocycles. The van der Waals surface area contributed by atoms with Crippen molar-refractivity contribution in [2.75, 3.05) is 20.3 Å². The van der Waals surface area contributed by atoms with Gasteiger partial charge in [0.1, 0.15) is 0 Å². The van der Waals surface area contributed by atoms with Crippen molar-refractivity contribution in [1.29, 1.82) is 0 Å². The van der Waals surface area contributed by atoms with Crippen molar-refractivity contribution in [3.63, 3.8) is 0 Å². The number of halogens is 1. The van der Waals surface area contributed by atoms with Crippen LogP contribution in [0.3, 0.4) is 0 Å². The normalized spacial score (nSPS) is 33.0. The van der Waals surface area contributed by atoms with E-state index in [0.29, 0.717) is 32.5 Å². The summed E-state index contributed by atoms with van der Waals surface area (Å²) in [4.78, 5) is 0. The number of methoxy groups -OCH3 is 1. The average molecular weight is 281 g/mol. The summed E-state index contributed by atoms with van der Waals surface area (Å²) in [6, 6.07) is 5.25. The molecule has 0 spiro atoms. The number of piperidine rings is 1. The molecule has 1 aromatic rings. The van der Waals surface area contributed by atoms with Crippen molar-refractivity contribution in [1.82, 2.24) is 5.32 Å². The van der Waals surface area contributed by atoms with E-state index in [9.17, 15) is 9.50 Å². The van der Waals surface area contributed by atoms with Crippen LogP contribution in [0.15, 0.2) is 18.2 Å². The predicted octanol–water partition coefficient (Wildman–Crippen LogP) is 1.26. The summed E-state index contributed by atoms with van der Waals surface area (Å²) >= 11 is 0. The molecule has 0 saturated carbocycles. The van der Waals surface area contributed by atoms with Crippen molar-refractivity contribution < 1.29 is 19.0 Å². The van der Waals surface area contributed by atoms with Crippen LogP contribution in [0.2, 0.25) is 0 Å². The maximum absolute atomic E-state index is 13.7. The van der Waals surface area contributed by atoms with Gasteiger partial charge in [0, 0.05) is 18.5 Å². The van der Waals surface area contributed by atoms with E-state index in [1.54, 1.807) is 6.07 Å². The molecule has 2 unspecified atom stereocenters. The fraction of sp³-hybridized carbons (Fsp3) is 0.600. The summed E-state index contributed by atoms with van der Waals surface area (Å²) < 4.78 is 24.1. The smallest absolute Gasteiger partial charge is 0.165 e. The van der Waals surface area contributed by atoms with Gasteiger partial charge in [-0.05, 0) is 30.5 Å². The minimum Gasteiger partial charge on any atom is -0.494 e. The van der Waals surface area contributed by atoms with Gasteiger partial charge in [0.2, 0.25) is 0 Å². The minimum absolute atomic E-state index is 0.190. The van der Waals surface area contributed by atoms with E-state index < -0.39 is 5.60 Å². The van der Waals surface area contributed by atoms with Gasteiger partial charge in [-0.25, -0.2) is 4.39 Å². The fourth-order valence-electron chi connectivity index (χ4n) is 3.36. The summed E-state index contributed by atoms with van der Waals surface area (Å²) in [5.74, 6) is -0.151. The van der Waals surface area contributed by atoms with Crippen LogP contribution in [-0.4, -0.2) is 43.1 Å². The molecule has 2 atom stereocenters. The second-order valence-electron chi connectivity index (χ2n) is 5.88. The summed E-state index contributed by atoms with van der Waals surface area (Å²) in [5.41, 5.74) is 0.0115. The topological polar surface area (TPSA) is 50.7 Å². The molecule has 0 aromatic heterocycles. The first-order valence-corrected chi connectivity index (χ1v) is 6.96. The van der Waals surface area contributed by atoms with E-state index in [2.05, 4.69) is 5.32 Å². The zero-order chi connectivity index (χ0) is 14.2. The van der Waals surface area contributed by atoms with Crippen LogP contribution in [0.25, 0.3) is 0 Å². The number of rotatable bonds is 3. The number of ether oxygens (including phenoxy) is 2. The monoisotopic (exact) mass is 281 g/mol. The molecular formula is C15H20FNO3. The molecule has 4 nitrogen and oxygen atoms in total. The number of morpholine rings is 1. The van der Waals surface area contributed by atoms with Crippen LogP contribution in [0.1, 0.15) is 18.4 Å². The summed E-state index contributed by atoms with van der Waals surface area (Å²) in [6.45, 7) is 1.27. The third kappa shape index (κ3) is 2.80. The number of hydrogen-bond donors (Lipinski definition) is 2. The molecule has 2 heterocycles. The van der Waals surface area contributed by atoms with Gasteiger partial charge in [-0.2, -0.15) is 0 Å². The largest absolute Gasteiger partial charge is 0.494 e. The SMILES string of the molecule is COc1ccc(CC2(O)CC3COCC(C2)N3)cc1F. The predicted molar refractivity (Wildman–Crippen MR) is 72.4 cm³/mol. The maximum atomic E-state index is 13.7. The van der Waals surface area contributed by atoms with Crippen LogP contribution >= 0.6 is 0 Å². The third-order valence-corrected chi connectivity index (χ3v) is 4.11. The summed E-state index contributed by atoms with van der Waals surface area (Å²) in [6.07, 6.45) is 1.73. The Morgan fingerprint density at radius 2 is 2.10 bits per heavy atom. The molecule has 2 aliphatic heterocycles. The highest BCUT2D eigenvalue weighted by Gasteiger charge is 2.41. The van der Waals surface area contributed by atoms with Crippen LogP contribution in [0, 0.1) is 5.82 Å².